The summed E-state index contributed by atoms with van der Waals surface area (Å²) in [4.78, 5) is 22.0. The molecular weight excluding hydrogens is 398 g/mol. The number of hydrogen-bond acceptors (Lipinski definition) is 5. The molecule has 0 atom stereocenters. The summed E-state index contributed by atoms with van der Waals surface area (Å²) in [6.07, 6.45) is 6.72. The van der Waals surface area contributed by atoms with Crippen LogP contribution in [0.1, 0.15) is 30.5 Å². The summed E-state index contributed by atoms with van der Waals surface area (Å²) in [5.74, 6) is 1.40. The van der Waals surface area contributed by atoms with Gasteiger partial charge in [-0.05, 0) is 43.9 Å². The molecule has 1 saturated carbocycles. The predicted molar refractivity (Wildman–Crippen MR) is 124 cm³/mol. The molecule has 3 N–H and O–H groups in total. The normalized spacial score (nSPS) is 15.1. The quantitative estimate of drug-likeness (QED) is 0.445. The summed E-state index contributed by atoms with van der Waals surface area (Å²) in [6, 6.07) is 18.4. The largest absolute Gasteiger partial charge is 0.348 e. The Bertz CT molecular complexity index is 1410. The third-order valence-corrected chi connectivity index (χ3v) is 6.42. The average Bonchev–Trinajstić information content (AvgIpc) is 3.40. The number of nitrogens with one attached hydrogen (secondary N) is 1. The van der Waals surface area contributed by atoms with E-state index < -0.39 is 0 Å². The maximum atomic E-state index is 6.54. The highest BCUT2D eigenvalue weighted by molar-refractivity contribution is 5.80. The lowest BCUT2D eigenvalue weighted by atomic mass is 9.73. The van der Waals surface area contributed by atoms with Crippen molar-refractivity contribution in [1.29, 1.82) is 0 Å². The van der Waals surface area contributed by atoms with Crippen molar-refractivity contribution in [2.45, 2.75) is 31.7 Å². The van der Waals surface area contributed by atoms with Crippen molar-refractivity contribution >= 4 is 11.2 Å². The Kier molecular flexibility index (Phi) is 4.19. The first-order valence-corrected chi connectivity index (χ1v) is 10.8. The van der Waals surface area contributed by atoms with Crippen molar-refractivity contribution in [3.63, 3.8) is 0 Å². The summed E-state index contributed by atoms with van der Waals surface area (Å²) in [5.41, 5.74) is 12.7. The van der Waals surface area contributed by atoms with Crippen LogP contribution in [0.2, 0.25) is 0 Å². The minimum absolute atomic E-state index is 0.195. The topological polar surface area (TPSA) is 98.3 Å². The maximum absolute atomic E-state index is 6.54. The molecule has 1 fully saturated rings. The van der Waals surface area contributed by atoms with E-state index in [2.05, 4.69) is 43.8 Å². The first-order valence-electron chi connectivity index (χ1n) is 10.8. The molecule has 5 aromatic rings. The van der Waals surface area contributed by atoms with Gasteiger partial charge in [0, 0.05) is 22.5 Å². The van der Waals surface area contributed by atoms with E-state index in [9.17, 15) is 0 Å². The summed E-state index contributed by atoms with van der Waals surface area (Å²) in [7, 11) is 0. The fourth-order valence-electron chi connectivity index (χ4n) is 4.38. The lowest BCUT2D eigenvalue weighted by Gasteiger charge is -2.38. The lowest BCUT2D eigenvalue weighted by Crippen LogP contribution is -2.43. The monoisotopic (exact) mass is 421 g/mol. The number of rotatable bonds is 4. The summed E-state index contributed by atoms with van der Waals surface area (Å²) in [5, 5.41) is 0. The molecule has 32 heavy (non-hydrogen) atoms. The van der Waals surface area contributed by atoms with E-state index in [1.807, 2.05) is 37.3 Å². The molecule has 7 heteroatoms. The van der Waals surface area contributed by atoms with Crippen molar-refractivity contribution in [1.82, 2.24) is 29.5 Å². The van der Waals surface area contributed by atoms with Gasteiger partial charge in [-0.2, -0.15) is 0 Å². The first-order chi connectivity index (χ1) is 15.6. The number of H-pyrrole nitrogens is 1. The molecule has 0 aliphatic heterocycles. The highest BCUT2D eigenvalue weighted by Gasteiger charge is 2.34. The molecule has 0 amide bonds. The van der Waals surface area contributed by atoms with E-state index in [0.717, 1.165) is 52.5 Å². The minimum atomic E-state index is -0.195. The standard InChI is InChI=1S/C25H23N7/c1-16-21(29-15-28-16)24-30-20-14-27-22(17-6-3-2-4-7-17)31-23(20)32(24)19-10-8-18(9-11-19)25(26)12-5-13-25/h2-4,6-11,14-15H,5,12-13,26H2,1H3,(H,28,29). The molecule has 0 radical (unpaired) electrons. The van der Waals surface area contributed by atoms with E-state index in [1.54, 1.807) is 12.5 Å². The second-order valence-electron chi connectivity index (χ2n) is 8.47. The number of benzene rings is 2. The zero-order valence-electron chi connectivity index (χ0n) is 17.8. The second-order valence-corrected chi connectivity index (χ2v) is 8.47. The molecule has 1 aliphatic rings. The highest BCUT2D eigenvalue weighted by Crippen LogP contribution is 2.39. The Morgan fingerprint density at radius 2 is 1.75 bits per heavy atom. The van der Waals surface area contributed by atoms with E-state index >= 15 is 0 Å². The van der Waals surface area contributed by atoms with Gasteiger partial charge in [-0.3, -0.25) is 4.57 Å². The number of fused-ring (bicyclic) bond motifs is 1. The van der Waals surface area contributed by atoms with Gasteiger partial charge in [-0.25, -0.2) is 19.9 Å². The second kappa shape index (κ2) is 7.10. The molecule has 0 unspecified atom stereocenters. The third kappa shape index (κ3) is 2.93. The van der Waals surface area contributed by atoms with Crippen LogP contribution in [0.15, 0.2) is 67.1 Å². The van der Waals surface area contributed by atoms with E-state index in [4.69, 9.17) is 15.7 Å². The van der Waals surface area contributed by atoms with E-state index in [1.165, 1.54) is 12.0 Å². The van der Waals surface area contributed by atoms with Gasteiger partial charge >= 0.3 is 0 Å². The van der Waals surface area contributed by atoms with Crippen LogP contribution in [0.4, 0.5) is 0 Å². The molecule has 3 aromatic heterocycles. The molecule has 6 rings (SSSR count). The van der Waals surface area contributed by atoms with Crippen LogP contribution in [-0.4, -0.2) is 29.5 Å². The van der Waals surface area contributed by atoms with Crippen LogP contribution in [0.25, 0.3) is 39.8 Å². The van der Waals surface area contributed by atoms with Crippen LogP contribution in [0, 0.1) is 6.92 Å². The van der Waals surface area contributed by atoms with Gasteiger partial charge in [0.1, 0.15) is 11.2 Å². The van der Waals surface area contributed by atoms with E-state index in [0.29, 0.717) is 5.82 Å². The number of nitrogens with zero attached hydrogens (tertiary/aromatic N) is 5. The number of aromatic nitrogens is 6. The van der Waals surface area contributed by atoms with Crippen molar-refractivity contribution in [3.05, 3.63) is 78.4 Å². The number of aryl methyl sites for hydroxylation is 1. The Labute approximate surface area is 185 Å². The smallest absolute Gasteiger partial charge is 0.169 e. The average molecular weight is 422 g/mol. The molecule has 0 spiro atoms. The SMILES string of the molecule is Cc1[nH]cnc1-c1nc2cnc(-c3ccccc3)nc2n1-c1ccc(C2(N)CCC2)cc1. The Balaban J connectivity index is 1.56. The van der Waals surface area contributed by atoms with Crippen molar-refractivity contribution < 1.29 is 0 Å². The number of hydrogen-bond donors (Lipinski definition) is 2. The molecule has 7 nitrogen and oxygen atoms in total. The maximum Gasteiger partial charge on any atom is 0.169 e. The van der Waals surface area contributed by atoms with Crippen molar-refractivity contribution in [2.75, 3.05) is 0 Å². The molecule has 0 saturated heterocycles. The summed E-state index contributed by atoms with van der Waals surface area (Å²) >= 11 is 0. The molecule has 1 aliphatic carbocycles. The number of imidazole rings is 2. The molecule has 3 heterocycles. The van der Waals surface area contributed by atoms with Gasteiger partial charge in [0.25, 0.3) is 0 Å². The fraction of sp³-hybridized carbons (Fsp3) is 0.200. The molecule has 2 aromatic carbocycles. The molecular formula is C25H23N7. The van der Waals surface area contributed by atoms with Gasteiger partial charge in [0.2, 0.25) is 0 Å². The number of aromatic amines is 1. The van der Waals surface area contributed by atoms with Gasteiger partial charge in [-0.15, -0.1) is 0 Å². The first kappa shape index (κ1) is 18.9. The van der Waals surface area contributed by atoms with Gasteiger partial charge in [-0.1, -0.05) is 42.5 Å². The molecule has 158 valence electrons. The minimum Gasteiger partial charge on any atom is -0.348 e. The zero-order chi connectivity index (χ0) is 21.7. The fourth-order valence-corrected chi connectivity index (χ4v) is 4.38. The summed E-state index contributed by atoms with van der Waals surface area (Å²) in [6.45, 7) is 1.99. The molecule has 0 bridgehead atoms. The van der Waals surface area contributed by atoms with Crippen LogP contribution >= 0.6 is 0 Å². The Hall–Kier alpha value is -3.84. The predicted octanol–water partition coefficient (Wildman–Crippen LogP) is 4.52. The van der Waals surface area contributed by atoms with Crippen LogP contribution in [-0.2, 0) is 5.54 Å². The van der Waals surface area contributed by atoms with Gasteiger partial charge in [0.05, 0.1) is 12.5 Å². The van der Waals surface area contributed by atoms with Crippen LogP contribution in [0.5, 0.6) is 0 Å². The van der Waals surface area contributed by atoms with Gasteiger partial charge in [0.15, 0.2) is 17.3 Å². The third-order valence-electron chi connectivity index (χ3n) is 6.42. The lowest BCUT2D eigenvalue weighted by molar-refractivity contribution is 0.253. The van der Waals surface area contributed by atoms with Crippen LogP contribution < -0.4 is 5.73 Å². The Morgan fingerprint density at radius 3 is 2.41 bits per heavy atom. The zero-order valence-corrected chi connectivity index (χ0v) is 17.8. The number of nitrogens with two attached hydrogens (primary N) is 1. The van der Waals surface area contributed by atoms with Crippen molar-refractivity contribution in [3.8, 4) is 28.6 Å². The highest BCUT2D eigenvalue weighted by atomic mass is 15.2. The van der Waals surface area contributed by atoms with Crippen molar-refractivity contribution in [2.24, 2.45) is 5.73 Å². The Morgan fingerprint density at radius 1 is 0.969 bits per heavy atom. The van der Waals surface area contributed by atoms with Gasteiger partial charge < -0.3 is 10.7 Å². The summed E-state index contributed by atoms with van der Waals surface area (Å²) < 4.78 is 2.06. The van der Waals surface area contributed by atoms with Crippen LogP contribution in [0.3, 0.4) is 0 Å². The van der Waals surface area contributed by atoms with E-state index in [-0.39, 0.29) is 5.54 Å².